The molecule has 2 saturated heterocycles. The van der Waals surface area contributed by atoms with Gasteiger partial charge in [-0.3, -0.25) is 4.79 Å². The van der Waals surface area contributed by atoms with Crippen LogP contribution in [0.2, 0.25) is 0 Å². The first kappa shape index (κ1) is 19.0. The summed E-state index contributed by atoms with van der Waals surface area (Å²) in [5.74, 6) is 2.56. The van der Waals surface area contributed by atoms with E-state index in [1.165, 1.54) is 0 Å². The number of piperazine rings is 2. The highest BCUT2D eigenvalue weighted by atomic mass is 16.2. The topological polar surface area (TPSA) is 98.3 Å². The van der Waals surface area contributed by atoms with E-state index in [4.69, 9.17) is 4.98 Å². The van der Waals surface area contributed by atoms with Crippen molar-refractivity contribution in [1.82, 2.24) is 25.6 Å². The van der Waals surface area contributed by atoms with Crippen molar-refractivity contribution < 1.29 is 4.79 Å². The van der Waals surface area contributed by atoms with E-state index in [0.29, 0.717) is 30.6 Å². The molecule has 1 unspecified atom stereocenters. The van der Waals surface area contributed by atoms with Gasteiger partial charge in [-0.1, -0.05) is 13.8 Å². The molecule has 9 heteroatoms. The van der Waals surface area contributed by atoms with E-state index in [-0.39, 0.29) is 18.0 Å². The lowest BCUT2D eigenvalue weighted by Gasteiger charge is -2.40. The van der Waals surface area contributed by atoms with Gasteiger partial charge in [-0.2, -0.15) is 4.98 Å². The normalized spacial score (nSPS) is 23.2. The molecule has 0 spiro atoms. The van der Waals surface area contributed by atoms with Crippen LogP contribution in [-0.4, -0.2) is 65.7 Å². The number of carbonyl (C=O) groups is 1. The third-order valence-corrected chi connectivity index (χ3v) is 6.22. The molecule has 9 nitrogen and oxygen atoms in total. The van der Waals surface area contributed by atoms with Crippen LogP contribution >= 0.6 is 0 Å². The third kappa shape index (κ3) is 3.43. The molecule has 2 aromatic rings. The Morgan fingerprint density at radius 2 is 2.00 bits per heavy atom. The number of aromatic nitrogens is 3. The zero-order valence-electron chi connectivity index (χ0n) is 17.4. The summed E-state index contributed by atoms with van der Waals surface area (Å²) >= 11 is 0. The number of nitrogens with one attached hydrogen (secondary N) is 3. The van der Waals surface area contributed by atoms with E-state index in [1.54, 1.807) is 0 Å². The highest BCUT2D eigenvalue weighted by molar-refractivity contribution is 5.89. The smallest absolute Gasteiger partial charge is 0.243 e. The first-order valence-electron chi connectivity index (χ1n) is 10.7. The Bertz CT molecular complexity index is 925. The Hall–Kier alpha value is -2.94. The van der Waals surface area contributed by atoms with Crippen molar-refractivity contribution in [3.8, 4) is 0 Å². The SMILES string of the molecule is CC(C)[C@H]1CNC(=O)C2Cc3cnc(Nc4ccc(N5CCNCC5)cn4)nc3N21. The Labute approximate surface area is 176 Å². The van der Waals surface area contributed by atoms with Crippen LogP contribution in [0.5, 0.6) is 0 Å². The van der Waals surface area contributed by atoms with Gasteiger partial charge in [0.05, 0.1) is 17.9 Å². The average molecular weight is 409 g/mol. The van der Waals surface area contributed by atoms with Crippen molar-refractivity contribution in [2.45, 2.75) is 32.4 Å². The number of anilines is 4. The van der Waals surface area contributed by atoms with E-state index < -0.39 is 0 Å². The summed E-state index contributed by atoms with van der Waals surface area (Å²) in [6, 6.07) is 4.07. The second-order valence-corrected chi connectivity index (χ2v) is 8.49. The van der Waals surface area contributed by atoms with E-state index in [0.717, 1.165) is 43.2 Å². The third-order valence-electron chi connectivity index (χ3n) is 6.22. The number of nitrogens with zero attached hydrogens (tertiary/aromatic N) is 5. The van der Waals surface area contributed by atoms with Crippen LogP contribution < -0.4 is 25.8 Å². The van der Waals surface area contributed by atoms with Crippen molar-refractivity contribution >= 4 is 29.2 Å². The van der Waals surface area contributed by atoms with Crippen LogP contribution in [0, 0.1) is 5.92 Å². The van der Waals surface area contributed by atoms with Crippen LogP contribution in [0.4, 0.5) is 23.3 Å². The highest BCUT2D eigenvalue weighted by Crippen LogP contribution is 2.36. The molecule has 158 valence electrons. The molecule has 0 radical (unpaired) electrons. The summed E-state index contributed by atoms with van der Waals surface area (Å²) in [5.41, 5.74) is 2.15. The van der Waals surface area contributed by atoms with Gasteiger partial charge in [0.1, 0.15) is 17.7 Å². The number of hydrogen-bond acceptors (Lipinski definition) is 8. The fraction of sp³-hybridized carbons (Fsp3) is 0.524. The minimum absolute atomic E-state index is 0.0737. The summed E-state index contributed by atoms with van der Waals surface area (Å²) in [5, 5.41) is 9.63. The molecule has 0 aromatic carbocycles. The number of hydrogen-bond donors (Lipinski definition) is 3. The first-order valence-corrected chi connectivity index (χ1v) is 10.7. The van der Waals surface area contributed by atoms with E-state index >= 15 is 0 Å². The van der Waals surface area contributed by atoms with Gasteiger partial charge in [0.25, 0.3) is 0 Å². The lowest BCUT2D eigenvalue weighted by Crippen LogP contribution is -2.61. The molecule has 2 fully saturated rings. The van der Waals surface area contributed by atoms with Crippen molar-refractivity contribution in [2.75, 3.05) is 47.8 Å². The lowest BCUT2D eigenvalue weighted by atomic mass is 9.98. The predicted octanol–water partition coefficient (Wildman–Crippen LogP) is 0.910. The zero-order valence-corrected chi connectivity index (χ0v) is 17.4. The second kappa shape index (κ2) is 7.71. The maximum absolute atomic E-state index is 12.4. The van der Waals surface area contributed by atoms with Gasteiger partial charge in [0.2, 0.25) is 11.9 Å². The first-order chi connectivity index (χ1) is 14.6. The van der Waals surface area contributed by atoms with Gasteiger partial charge in [0, 0.05) is 50.9 Å². The number of carbonyl (C=O) groups excluding carboxylic acids is 1. The maximum atomic E-state index is 12.4. The standard InChI is InChI=1S/C21H28N8O/c1-13(2)17-12-24-20(30)16-9-14-10-25-21(27-19(14)29(16)17)26-18-4-3-15(11-23-18)28-7-5-22-6-8-28/h3-4,10-11,13,16-17,22H,5-9,12H2,1-2H3,(H,24,30)(H,23,25,26,27)/t16?,17-/m1/s1. The van der Waals surface area contributed by atoms with E-state index in [9.17, 15) is 4.79 Å². The summed E-state index contributed by atoms with van der Waals surface area (Å²) in [6.45, 7) is 8.98. The van der Waals surface area contributed by atoms with Gasteiger partial charge in [0.15, 0.2) is 0 Å². The summed E-state index contributed by atoms with van der Waals surface area (Å²) in [4.78, 5) is 30.7. The molecule has 3 aliphatic heterocycles. The average Bonchev–Trinajstić information content (AvgIpc) is 3.15. The van der Waals surface area contributed by atoms with Crippen LogP contribution in [0.15, 0.2) is 24.5 Å². The van der Waals surface area contributed by atoms with Crippen LogP contribution in [-0.2, 0) is 11.2 Å². The molecular weight excluding hydrogens is 380 g/mol. The number of fused-ring (bicyclic) bond motifs is 3. The second-order valence-electron chi connectivity index (χ2n) is 8.49. The fourth-order valence-corrected chi connectivity index (χ4v) is 4.55. The van der Waals surface area contributed by atoms with Gasteiger partial charge < -0.3 is 25.8 Å². The number of pyridine rings is 1. The van der Waals surface area contributed by atoms with Crippen LogP contribution in [0.1, 0.15) is 19.4 Å². The zero-order chi connectivity index (χ0) is 20.7. The molecule has 5 rings (SSSR count). The van der Waals surface area contributed by atoms with Crippen molar-refractivity contribution in [3.05, 3.63) is 30.1 Å². The molecule has 30 heavy (non-hydrogen) atoms. The number of amides is 1. The van der Waals surface area contributed by atoms with E-state index in [1.807, 2.05) is 18.5 Å². The molecule has 3 N–H and O–H groups in total. The minimum Gasteiger partial charge on any atom is -0.368 e. The fourth-order valence-electron chi connectivity index (χ4n) is 4.55. The Kier molecular flexibility index (Phi) is 4.90. The van der Waals surface area contributed by atoms with Gasteiger partial charge in [-0.05, 0) is 18.1 Å². The van der Waals surface area contributed by atoms with Crippen LogP contribution in [0.25, 0.3) is 0 Å². The van der Waals surface area contributed by atoms with Crippen molar-refractivity contribution in [1.29, 1.82) is 0 Å². The molecule has 5 heterocycles. The van der Waals surface area contributed by atoms with Crippen LogP contribution in [0.3, 0.4) is 0 Å². The molecule has 3 aliphatic rings. The summed E-state index contributed by atoms with van der Waals surface area (Å²) in [7, 11) is 0. The van der Waals surface area contributed by atoms with Gasteiger partial charge in [-0.25, -0.2) is 9.97 Å². The Balaban J connectivity index is 1.35. The Morgan fingerprint density at radius 1 is 1.17 bits per heavy atom. The monoisotopic (exact) mass is 408 g/mol. The quantitative estimate of drug-likeness (QED) is 0.687. The van der Waals surface area contributed by atoms with Gasteiger partial charge >= 0.3 is 0 Å². The molecule has 0 bridgehead atoms. The molecule has 0 saturated carbocycles. The predicted molar refractivity (Wildman–Crippen MR) is 116 cm³/mol. The molecule has 2 atom stereocenters. The van der Waals surface area contributed by atoms with Crippen molar-refractivity contribution in [3.63, 3.8) is 0 Å². The van der Waals surface area contributed by atoms with E-state index in [2.05, 4.69) is 55.6 Å². The van der Waals surface area contributed by atoms with Crippen molar-refractivity contribution in [2.24, 2.45) is 5.92 Å². The molecule has 0 aliphatic carbocycles. The highest BCUT2D eigenvalue weighted by Gasteiger charge is 2.44. The molecular formula is C21H28N8O. The summed E-state index contributed by atoms with van der Waals surface area (Å²) < 4.78 is 0. The Morgan fingerprint density at radius 3 is 2.73 bits per heavy atom. The number of rotatable bonds is 4. The molecule has 2 aromatic heterocycles. The maximum Gasteiger partial charge on any atom is 0.243 e. The lowest BCUT2D eigenvalue weighted by molar-refractivity contribution is -0.123. The van der Waals surface area contributed by atoms with Gasteiger partial charge in [-0.15, -0.1) is 0 Å². The molecule has 1 amide bonds. The largest absolute Gasteiger partial charge is 0.368 e. The minimum atomic E-state index is -0.192. The summed E-state index contributed by atoms with van der Waals surface area (Å²) in [6.07, 6.45) is 4.38.